The lowest BCUT2D eigenvalue weighted by molar-refractivity contribution is 0.0724. The van der Waals surface area contributed by atoms with Gasteiger partial charge in [-0.1, -0.05) is 18.2 Å². The Kier molecular flexibility index (Phi) is 5.79. The second-order valence-electron chi connectivity index (χ2n) is 8.98. The second-order valence-corrected chi connectivity index (χ2v) is 8.98. The largest absolute Gasteiger partial charge is 0.395 e. The van der Waals surface area contributed by atoms with Crippen LogP contribution in [0, 0.1) is 0 Å². The van der Waals surface area contributed by atoms with Crippen LogP contribution in [0.3, 0.4) is 0 Å². The molecule has 1 atom stereocenters. The molecular formula is C26H31N3O2. The Morgan fingerprint density at radius 2 is 1.81 bits per heavy atom. The number of aliphatic hydroxyl groups is 1. The minimum Gasteiger partial charge on any atom is -0.395 e. The third-order valence-electron chi connectivity index (χ3n) is 6.85. The molecule has 5 nitrogen and oxygen atoms in total. The van der Waals surface area contributed by atoms with E-state index < -0.39 is 0 Å². The summed E-state index contributed by atoms with van der Waals surface area (Å²) >= 11 is 0. The van der Waals surface area contributed by atoms with E-state index in [-0.39, 0.29) is 18.6 Å². The van der Waals surface area contributed by atoms with Gasteiger partial charge >= 0.3 is 0 Å². The molecule has 2 N–H and O–H groups in total. The summed E-state index contributed by atoms with van der Waals surface area (Å²) in [6, 6.07) is 17.0. The molecule has 3 aromatic rings. The van der Waals surface area contributed by atoms with Gasteiger partial charge in [-0.25, -0.2) is 0 Å². The summed E-state index contributed by atoms with van der Waals surface area (Å²) in [5, 5.41) is 10.8. The lowest BCUT2D eigenvalue weighted by Gasteiger charge is -2.26. The Balaban J connectivity index is 1.37. The number of benzene rings is 2. The van der Waals surface area contributed by atoms with Crippen molar-refractivity contribution < 1.29 is 9.90 Å². The molecule has 2 aromatic carbocycles. The number of H-pyrrole nitrogens is 1. The van der Waals surface area contributed by atoms with Gasteiger partial charge in [0.15, 0.2) is 0 Å². The summed E-state index contributed by atoms with van der Waals surface area (Å²) in [6.07, 6.45) is 5.67. The second kappa shape index (κ2) is 8.85. The lowest BCUT2D eigenvalue weighted by atomic mass is 10.0. The zero-order valence-electron chi connectivity index (χ0n) is 18.0. The van der Waals surface area contributed by atoms with Crippen LogP contribution in [0.25, 0.3) is 22.0 Å². The standard InChI is InChI=1S/C26H31N3O2/c30-18-24-8-5-13-29(24)17-23-16-22-15-20(9-10-25(22)27-23)19-6-4-7-21(14-19)26(31)28-11-2-1-3-12-28/h4,6-7,9-10,14-16,24,27,30H,1-3,5,8,11-13,17-18H2/t24-/m1/s1. The molecule has 2 aliphatic rings. The van der Waals surface area contributed by atoms with Crippen molar-refractivity contribution in [1.82, 2.24) is 14.8 Å². The Morgan fingerprint density at radius 3 is 2.65 bits per heavy atom. The van der Waals surface area contributed by atoms with Gasteiger partial charge in [-0.05, 0) is 80.1 Å². The maximum Gasteiger partial charge on any atom is 0.253 e. The molecule has 0 bridgehead atoms. The molecule has 1 amide bonds. The summed E-state index contributed by atoms with van der Waals surface area (Å²) in [5.74, 6) is 0.149. The summed E-state index contributed by atoms with van der Waals surface area (Å²) in [4.78, 5) is 20.8. The minimum absolute atomic E-state index is 0.149. The predicted molar refractivity (Wildman–Crippen MR) is 124 cm³/mol. The monoisotopic (exact) mass is 417 g/mol. The number of rotatable bonds is 5. The van der Waals surface area contributed by atoms with E-state index in [9.17, 15) is 9.90 Å². The van der Waals surface area contributed by atoms with Crippen LogP contribution in [0.5, 0.6) is 0 Å². The van der Waals surface area contributed by atoms with Crippen LogP contribution in [0.15, 0.2) is 48.5 Å². The summed E-state index contributed by atoms with van der Waals surface area (Å²) in [6.45, 7) is 3.86. The number of likely N-dealkylation sites (tertiary alicyclic amines) is 2. The molecule has 0 radical (unpaired) electrons. The first-order chi connectivity index (χ1) is 15.2. The van der Waals surface area contributed by atoms with Crippen LogP contribution in [0.2, 0.25) is 0 Å². The fourth-order valence-electron chi connectivity index (χ4n) is 5.10. The number of aromatic nitrogens is 1. The number of fused-ring (bicyclic) bond motifs is 1. The summed E-state index contributed by atoms with van der Waals surface area (Å²) < 4.78 is 0. The van der Waals surface area contributed by atoms with Crippen molar-refractivity contribution in [3.05, 3.63) is 59.8 Å². The van der Waals surface area contributed by atoms with Gasteiger partial charge in [0.1, 0.15) is 0 Å². The van der Waals surface area contributed by atoms with Crippen molar-refractivity contribution in [3.63, 3.8) is 0 Å². The molecule has 0 unspecified atom stereocenters. The van der Waals surface area contributed by atoms with Crippen LogP contribution in [-0.2, 0) is 6.54 Å². The highest BCUT2D eigenvalue weighted by Gasteiger charge is 2.24. The first kappa shape index (κ1) is 20.3. The minimum atomic E-state index is 0.149. The van der Waals surface area contributed by atoms with Crippen LogP contribution < -0.4 is 0 Å². The smallest absolute Gasteiger partial charge is 0.253 e. The quantitative estimate of drug-likeness (QED) is 0.646. The van der Waals surface area contributed by atoms with Crippen LogP contribution in [-0.4, -0.2) is 58.1 Å². The number of piperidine rings is 1. The van der Waals surface area contributed by atoms with Gasteiger partial charge < -0.3 is 15.0 Å². The highest BCUT2D eigenvalue weighted by atomic mass is 16.3. The zero-order chi connectivity index (χ0) is 21.2. The van der Waals surface area contributed by atoms with Gasteiger partial charge in [-0.3, -0.25) is 9.69 Å². The van der Waals surface area contributed by atoms with Crippen molar-refractivity contribution in [3.8, 4) is 11.1 Å². The van der Waals surface area contributed by atoms with Crippen LogP contribution in [0.4, 0.5) is 0 Å². The van der Waals surface area contributed by atoms with E-state index in [0.717, 1.165) is 74.1 Å². The first-order valence-corrected chi connectivity index (χ1v) is 11.6. The number of hydrogen-bond donors (Lipinski definition) is 2. The van der Waals surface area contributed by atoms with Crippen molar-refractivity contribution in [1.29, 1.82) is 0 Å². The molecule has 31 heavy (non-hydrogen) atoms. The maximum absolute atomic E-state index is 12.9. The Bertz CT molecular complexity index is 1070. The van der Waals surface area contributed by atoms with Crippen LogP contribution >= 0.6 is 0 Å². The Hall–Kier alpha value is -2.63. The molecule has 0 saturated carbocycles. The third-order valence-corrected chi connectivity index (χ3v) is 6.85. The van der Waals surface area contributed by atoms with Crippen molar-refractivity contribution in [2.24, 2.45) is 0 Å². The van der Waals surface area contributed by atoms with E-state index in [1.807, 2.05) is 23.1 Å². The number of nitrogens with zero attached hydrogens (tertiary/aromatic N) is 2. The molecule has 0 aliphatic carbocycles. The van der Waals surface area contributed by atoms with Gasteiger partial charge in [0, 0.05) is 47.8 Å². The van der Waals surface area contributed by atoms with E-state index in [4.69, 9.17) is 0 Å². The average molecular weight is 418 g/mol. The summed E-state index contributed by atoms with van der Waals surface area (Å²) in [7, 11) is 0. The predicted octanol–water partition coefficient (Wildman–Crippen LogP) is 4.42. The molecular weight excluding hydrogens is 386 g/mol. The number of hydrogen-bond acceptors (Lipinski definition) is 3. The van der Waals surface area contributed by atoms with Gasteiger partial charge in [0.05, 0.1) is 6.61 Å². The molecule has 2 saturated heterocycles. The van der Waals surface area contributed by atoms with Gasteiger partial charge in [-0.2, -0.15) is 0 Å². The van der Waals surface area contributed by atoms with E-state index in [2.05, 4.69) is 40.2 Å². The number of aromatic amines is 1. The normalized spacial score (nSPS) is 19.9. The topological polar surface area (TPSA) is 59.6 Å². The van der Waals surface area contributed by atoms with Crippen molar-refractivity contribution >= 4 is 16.8 Å². The molecule has 5 rings (SSSR count). The Morgan fingerprint density at radius 1 is 0.968 bits per heavy atom. The van der Waals surface area contributed by atoms with Crippen molar-refractivity contribution in [2.45, 2.75) is 44.7 Å². The SMILES string of the molecule is O=C(c1cccc(-c2ccc3[nH]c(CN4CCC[C@@H]4CO)cc3c2)c1)N1CCCCC1. The molecule has 2 aliphatic heterocycles. The lowest BCUT2D eigenvalue weighted by Crippen LogP contribution is -2.35. The first-order valence-electron chi connectivity index (χ1n) is 11.6. The maximum atomic E-state index is 12.9. The fraction of sp³-hybridized carbons (Fsp3) is 0.423. The Labute approximate surface area is 183 Å². The van der Waals surface area contributed by atoms with E-state index >= 15 is 0 Å². The molecule has 2 fully saturated rings. The van der Waals surface area contributed by atoms with Crippen molar-refractivity contribution in [2.75, 3.05) is 26.2 Å². The fourth-order valence-corrected chi connectivity index (χ4v) is 5.10. The average Bonchev–Trinajstić information content (AvgIpc) is 3.44. The molecule has 162 valence electrons. The highest BCUT2D eigenvalue weighted by molar-refractivity contribution is 5.96. The third kappa shape index (κ3) is 4.25. The number of nitrogens with one attached hydrogen (secondary N) is 1. The molecule has 3 heterocycles. The zero-order valence-corrected chi connectivity index (χ0v) is 18.0. The van der Waals surface area contributed by atoms with Gasteiger partial charge in [-0.15, -0.1) is 0 Å². The number of aliphatic hydroxyl groups excluding tert-OH is 1. The van der Waals surface area contributed by atoms with E-state index in [0.29, 0.717) is 0 Å². The number of carbonyl (C=O) groups excluding carboxylic acids is 1. The summed E-state index contributed by atoms with van der Waals surface area (Å²) in [5.41, 5.74) is 5.28. The molecule has 1 aromatic heterocycles. The number of carbonyl (C=O) groups is 1. The number of amides is 1. The van der Waals surface area contributed by atoms with Gasteiger partial charge in [0.2, 0.25) is 0 Å². The van der Waals surface area contributed by atoms with Gasteiger partial charge in [0.25, 0.3) is 5.91 Å². The van der Waals surface area contributed by atoms with Crippen LogP contribution in [0.1, 0.15) is 48.2 Å². The van der Waals surface area contributed by atoms with E-state index in [1.54, 1.807) is 0 Å². The molecule has 0 spiro atoms. The van der Waals surface area contributed by atoms with E-state index in [1.165, 1.54) is 17.5 Å². The molecule has 5 heteroatoms. The highest BCUT2D eigenvalue weighted by Crippen LogP contribution is 2.28.